The number of nitrogens with one attached hydrogen (secondary N) is 2. The van der Waals surface area contributed by atoms with Crippen molar-refractivity contribution < 1.29 is 9.53 Å². The topological polar surface area (TPSA) is 67.0 Å². The highest BCUT2D eigenvalue weighted by Gasteiger charge is 2.39. The molecule has 0 atom stereocenters. The van der Waals surface area contributed by atoms with Gasteiger partial charge in [0.2, 0.25) is 0 Å². The van der Waals surface area contributed by atoms with E-state index in [0.717, 1.165) is 51.9 Å². The number of ether oxygens (including phenoxy) is 1. The molecular weight excluding hydrogens is 450 g/mol. The Hall–Kier alpha value is -1.86. The van der Waals surface area contributed by atoms with Gasteiger partial charge in [0.25, 0.3) is 0 Å². The number of halogens is 1. The third-order valence-corrected chi connectivity index (χ3v) is 6.91. The molecule has 154 valence electrons. The van der Waals surface area contributed by atoms with E-state index < -0.39 is 11.1 Å². The summed E-state index contributed by atoms with van der Waals surface area (Å²) in [6.07, 6.45) is 4.62. The molecule has 0 radical (unpaired) electrons. The van der Waals surface area contributed by atoms with Gasteiger partial charge in [-0.1, -0.05) is 25.3 Å². The third kappa shape index (κ3) is 4.51. The molecule has 1 aromatic carbocycles. The van der Waals surface area contributed by atoms with Gasteiger partial charge in [0.1, 0.15) is 17.0 Å². The van der Waals surface area contributed by atoms with Crippen LogP contribution in [0.1, 0.15) is 58.7 Å². The number of aromatic amines is 1. The van der Waals surface area contributed by atoms with E-state index in [1.165, 1.54) is 11.3 Å². The number of carbonyl (C=O) groups excluding carboxylic acids is 1. The summed E-state index contributed by atoms with van der Waals surface area (Å²) >= 11 is 5.24. The number of alkyl carbamates (subject to hydrolysis) is 1. The molecule has 1 aliphatic carbocycles. The Labute approximate surface area is 183 Å². The van der Waals surface area contributed by atoms with Gasteiger partial charge in [-0.3, -0.25) is 0 Å². The number of imidazole rings is 1. The highest BCUT2D eigenvalue weighted by molar-refractivity contribution is 9.11. The van der Waals surface area contributed by atoms with Crippen LogP contribution in [0.2, 0.25) is 0 Å². The third-order valence-electron chi connectivity index (χ3n) is 5.24. The van der Waals surface area contributed by atoms with Crippen LogP contribution < -0.4 is 5.32 Å². The van der Waals surface area contributed by atoms with E-state index >= 15 is 0 Å². The second-order valence-electron chi connectivity index (χ2n) is 8.69. The summed E-state index contributed by atoms with van der Waals surface area (Å²) in [6.45, 7) is 5.64. The number of rotatable bonds is 3. The van der Waals surface area contributed by atoms with Crippen molar-refractivity contribution in [3.63, 3.8) is 0 Å². The van der Waals surface area contributed by atoms with Crippen molar-refractivity contribution in [1.29, 1.82) is 0 Å². The van der Waals surface area contributed by atoms with E-state index in [1.807, 2.05) is 26.8 Å². The largest absolute Gasteiger partial charge is 0.444 e. The number of amides is 1. The molecule has 0 unspecified atom stereocenters. The van der Waals surface area contributed by atoms with Crippen molar-refractivity contribution in [3.05, 3.63) is 39.9 Å². The van der Waals surface area contributed by atoms with Crippen molar-refractivity contribution in [2.45, 2.75) is 64.0 Å². The lowest BCUT2D eigenvalue weighted by Gasteiger charge is -2.36. The van der Waals surface area contributed by atoms with Crippen molar-refractivity contribution in [2.24, 2.45) is 0 Å². The van der Waals surface area contributed by atoms with E-state index in [0.29, 0.717) is 0 Å². The first-order chi connectivity index (χ1) is 13.7. The second-order valence-corrected chi connectivity index (χ2v) is 11.2. The molecule has 0 aliphatic heterocycles. The SMILES string of the molecule is CC(C)(C)OC(=O)NC1(c2nc3ccc(-c4ccc(Br)s4)cc3[nH]2)CCCCC1. The first-order valence-electron chi connectivity index (χ1n) is 10.0. The molecule has 1 fully saturated rings. The lowest BCUT2D eigenvalue weighted by atomic mass is 9.81. The van der Waals surface area contributed by atoms with Gasteiger partial charge in [0.05, 0.1) is 14.8 Å². The fraction of sp³-hybridized carbons (Fsp3) is 0.455. The predicted molar refractivity (Wildman–Crippen MR) is 121 cm³/mol. The Balaban J connectivity index is 1.68. The molecule has 4 rings (SSSR count). The fourth-order valence-corrected chi connectivity index (χ4v) is 5.32. The normalized spacial score (nSPS) is 16.7. The van der Waals surface area contributed by atoms with Crippen LogP contribution in [0, 0.1) is 0 Å². The maximum atomic E-state index is 12.6. The average molecular weight is 476 g/mol. The first kappa shape index (κ1) is 20.4. The minimum atomic E-state index is -0.530. The van der Waals surface area contributed by atoms with Crippen LogP contribution in [-0.2, 0) is 10.3 Å². The van der Waals surface area contributed by atoms with Gasteiger partial charge in [0, 0.05) is 4.88 Å². The first-order valence-corrected chi connectivity index (χ1v) is 11.6. The molecule has 2 N–H and O–H groups in total. The lowest BCUT2D eigenvalue weighted by molar-refractivity contribution is 0.0413. The van der Waals surface area contributed by atoms with Gasteiger partial charge in [-0.05, 0) is 79.4 Å². The van der Waals surface area contributed by atoms with Crippen LogP contribution in [-0.4, -0.2) is 21.7 Å². The van der Waals surface area contributed by atoms with Crippen molar-refractivity contribution in [2.75, 3.05) is 0 Å². The summed E-state index contributed by atoms with van der Waals surface area (Å²) in [4.78, 5) is 22.2. The summed E-state index contributed by atoms with van der Waals surface area (Å²) in [7, 11) is 0. The highest BCUT2D eigenvalue weighted by Crippen LogP contribution is 2.38. The zero-order valence-electron chi connectivity index (χ0n) is 17.0. The van der Waals surface area contributed by atoms with Gasteiger partial charge in [-0.15, -0.1) is 11.3 Å². The standard InChI is InChI=1S/C22H26BrN3O2S/c1-21(2,3)28-20(27)26-22(11-5-4-6-12-22)19-24-15-8-7-14(13-16(15)25-19)17-9-10-18(23)29-17/h7-10,13H,4-6,11-12H2,1-3H3,(H,24,25)(H,26,27). The Morgan fingerprint density at radius 1 is 1.21 bits per heavy atom. The van der Waals surface area contributed by atoms with Crippen molar-refractivity contribution in [3.8, 4) is 10.4 Å². The van der Waals surface area contributed by atoms with Gasteiger partial charge in [-0.25, -0.2) is 9.78 Å². The quantitative estimate of drug-likeness (QED) is 0.440. The summed E-state index contributed by atoms with van der Waals surface area (Å²) < 4.78 is 6.66. The molecule has 7 heteroatoms. The monoisotopic (exact) mass is 475 g/mol. The van der Waals surface area contributed by atoms with Crippen LogP contribution in [0.5, 0.6) is 0 Å². The number of fused-ring (bicyclic) bond motifs is 1. The maximum Gasteiger partial charge on any atom is 0.408 e. The minimum absolute atomic E-state index is 0.385. The summed E-state index contributed by atoms with van der Waals surface area (Å²) in [6, 6.07) is 10.4. The van der Waals surface area contributed by atoms with E-state index in [-0.39, 0.29) is 6.09 Å². The summed E-state index contributed by atoms with van der Waals surface area (Å²) in [5, 5.41) is 3.16. The van der Waals surface area contributed by atoms with Gasteiger partial charge >= 0.3 is 6.09 Å². The molecule has 29 heavy (non-hydrogen) atoms. The number of hydrogen-bond acceptors (Lipinski definition) is 4. The van der Waals surface area contributed by atoms with Crippen LogP contribution in [0.4, 0.5) is 4.79 Å². The van der Waals surface area contributed by atoms with E-state index in [1.54, 1.807) is 11.3 Å². The van der Waals surface area contributed by atoms with E-state index in [4.69, 9.17) is 9.72 Å². The molecule has 0 saturated heterocycles. The smallest absolute Gasteiger partial charge is 0.408 e. The zero-order chi connectivity index (χ0) is 20.6. The maximum absolute atomic E-state index is 12.6. The number of H-pyrrole nitrogens is 1. The predicted octanol–water partition coefficient (Wildman–Crippen LogP) is 6.74. The van der Waals surface area contributed by atoms with Crippen LogP contribution in [0.15, 0.2) is 34.1 Å². The molecule has 1 saturated carbocycles. The zero-order valence-corrected chi connectivity index (χ0v) is 19.4. The number of thiophene rings is 1. The molecular formula is C22H26BrN3O2S. The van der Waals surface area contributed by atoms with E-state index in [2.05, 4.69) is 50.5 Å². The van der Waals surface area contributed by atoms with Crippen LogP contribution in [0.3, 0.4) is 0 Å². The minimum Gasteiger partial charge on any atom is -0.444 e. The Bertz CT molecular complexity index is 1030. The molecule has 0 bridgehead atoms. The molecule has 1 aliphatic rings. The number of aromatic nitrogens is 2. The summed E-state index contributed by atoms with van der Waals surface area (Å²) in [5.74, 6) is 0.822. The van der Waals surface area contributed by atoms with Gasteiger partial charge < -0.3 is 15.0 Å². The average Bonchev–Trinajstić information content (AvgIpc) is 3.26. The Kier molecular flexibility index (Phi) is 5.46. The number of nitrogens with zero attached hydrogens (tertiary/aromatic N) is 1. The Morgan fingerprint density at radius 3 is 2.62 bits per heavy atom. The Morgan fingerprint density at radius 2 is 1.97 bits per heavy atom. The molecule has 5 nitrogen and oxygen atoms in total. The second kappa shape index (κ2) is 7.76. The van der Waals surface area contributed by atoms with Crippen molar-refractivity contribution >= 4 is 44.4 Å². The fourth-order valence-electron chi connectivity index (χ4n) is 3.93. The molecule has 2 heterocycles. The highest BCUT2D eigenvalue weighted by atomic mass is 79.9. The number of benzene rings is 1. The lowest BCUT2D eigenvalue weighted by Crippen LogP contribution is -2.49. The van der Waals surface area contributed by atoms with Gasteiger partial charge in [0.15, 0.2) is 0 Å². The number of hydrogen-bond donors (Lipinski definition) is 2. The van der Waals surface area contributed by atoms with Crippen LogP contribution in [0.25, 0.3) is 21.5 Å². The van der Waals surface area contributed by atoms with Gasteiger partial charge in [-0.2, -0.15) is 0 Å². The van der Waals surface area contributed by atoms with Crippen LogP contribution >= 0.6 is 27.3 Å². The van der Waals surface area contributed by atoms with E-state index in [9.17, 15) is 4.79 Å². The number of carbonyl (C=O) groups is 1. The summed E-state index contributed by atoms with van der Waals surface area (Å²) in [5.41, 5.74) is 2.01. The molecule has 3 aromatic rings. The molecule has 0 spiro atoms. The molecule has 2 aromatic heterocycles. The molecule has 1 amide bonds. The van der Waals surface area contributed by atoms with Crippen molar-refractivity contribution in [1.82, 2.24) is 15.3 Å².